The molecule has 0 radical (unpaired) electrons. The van der Waals surface area contributed by atoms with Crippen LogP contribution in [0, 0.1) is 0 Å². The first-order valence-corrected chi connectivity index (χ1v) is 8.48. The average molecular weight is 357 g/mol. The van der Waals surface area contributed by atoms with Crippen molar-refractivity contribution >= 4 is 23.2 Å². The fourth-order valence-corrected chi connectivity index (χ4v) is 3.13. The van der Waals surface area contributed by atoms with Crippen molar-refractivity contribution in [2.75, 3.05) is 30.9 Å². The lowest BCUT2D eigenvalue weighted by molar-refractivity contribution is -0.118. The summed E-state index contributed by atoms with van der Waals surface area (Å²) in [7, 11) is 5.08. The van der Waals surface area contributed by atoms with Gasteiger partial charge in [0.2, 0.25) is 11.8 Å². The number of benzene rings is 1. The third kappa shape index (κ3) is 3.55. The van der Waals surface area contributed by atoms with Crippen molar-refractivity contribution in [3.05, 3.63) is 36.2 Å². The molecule has 0 bridgehead atoms. The molecular weight excluding hydrogens is 334 g/mol. The van der Waals surface area contributed by atoms with E-state index in [4.69, 9.17) is 4.74 Å². The topological polar surface area (TPSA) is 88.5 Å². The molecule has 2 amide bonds. The Morgan fingerprint density at radius 3 is 2.77 bits per heavy atom. The maximum absolute atomic E-state index is 12.6. The first-order valence-electron chi connectivity index (χ1n) is 8.48. The summed E-state index contributed by atoms with van der Waals surface area (Å²) in [6, 6.07) is 4.79. The van der Waals surface area contributed by atoms with E-state index in [-0.39, 0.29) is 11.8 Å². The number of aryl methyl sites for hydroxylation is 1. The molecule has 2 heterocycles. The van der Waals surface area contributed by atoms with Gasteiger partial charge in [0.1, 0.15) is 11.8 Å². The number of anilines is 2. The average Bonchev–Trinajstić information content (AvgIpc) is 3.24. The third-order valence-corrected chi connectivity index (χ3v) is 4.42. The van der Waals surface area contributed by atoms with Gasteiger partial charge in [-0.05, 0) is 25.6 Å². The summed E-state index contributed by atoms with van der Waals surface area (Å²) < 4.78 is 7.08. The molecule has 1 fully saturated rings. The maximum atomic E-state index is 12.6. The number of likely N-dealkylation sites (N-methyl/N-ethyl adjacent to an activating group) is 1. The van der Waals surface area contributed by atoms with E-state index in [1.165, 1.54) is 0 Å². The highest BCUT2D eigenvalue weighted by Gasteiger charge is 2.25. The van der Waals surface area contributed by atoms with Crippen molar-refractivity contribution in [1.82, 2.24) is 15.1 Å². The van der Waals surface area contributed by atoms with Crippen LogP contribution in [0.2, 0.25) is 0 Å². The number of aromatic nitrogens is 2. The minimum Gasteiger partial charge on any atom is -0.494 e. The lowest BCUT2D eigenvalue weighted by atomic mass is 10.1. The minimum absolute atomic E-state index is 0.0897. The van der Waals surface area contributed by atoms with Gasteiger partial charge in [0.15, 0.2) is 0 Å². The van der Waals surface area contributed by atoms with Gasteiger partial charge in [-0.1, -0.05) is 0 Å². The normalized spacial score (nSPS) is 15.2. The van der Waals surface area contributed by atoms with Gasteiger partial charge >= 0.3 is 0 Å². The molecule has 1 saturated heterocycles. The third-order valence-electron chi connectivity index (χ3n) is 4.42. The highest BCUT2D eigenvalue weighted by molar-refractivity contribution is 5.99. The van der Waals surface area contributed by atoms with E-state index >= 15 is 0 Å². The first-order chi connectivity index (χ1) is 12.5. The molecule has 2 N–H and O–H groups in total. The van der Waals surface area contributed by atoms with Crippen LogP contribution in [-0.2, 0) is 16.6 Å². The monoisotopic (exact) mass is 357 g/mol. The summed E-state index contributed by atoms with van der Waals surface area (Å²) in [5.41, 5.74) is 2.11. The summed E-state index contributed by atoms with van der Waals surface area (Å²) in [6.45, 7) is 0.684. The Kier molecular flexibility index (Phi) is 5.22. The van der Waals surface area contributed by atoms with Crippen molar-refractivity contribution in [2.24, 2.45) is 7.05 Å². The second kappa shape index (κ2) is 7.57. The molecule has 1 atom stereocenters. The van der Waals surface area contributed by atoms with Crippen LogP contribution in [0.5, 0.6) is 5.75 Å². The van der Waals surface area contributed by atoms with Crippen LogP contribution >= 0.6 is 0 Å². The molecule has 1 aromatic carbocycles. The van der Waals surface area contributed by atoms with Gasteiger partial charge in [-0.2, -0.15) is 5.10 Å². The number of nitrogens with zero attached hydrogens (tertiary/aromatic N) is 3. The van der Waals surface area contributed by atoms with Gasteiger partial charge in [-0.25, -0.2) is 0 Å². The molecule has 0 saturated carbocycles. The van der Waals surface area contributed by atoms with Gasteiger partial charge in [0.05, 0.1) is 19.0 Å². The van der Waals surface area contributed by atoms with Crippen molar-refractivity contribution < 1.29 is 14.3 Å². The fraction of sp³-hybridized carbons (Fsp3) is 0.389. The lowest BCUT2D eigenvalue weighted by Gasteiger charge is -2.20. The van der Waals surface area contributed by atoms with Gasteiger partial charge in [0, 0.05) is 43.5 Å². The van der Waals surface area contributed by atoms with Gasteiger partial charge in [0.25, 0.3) is 0 Å². The van der Waals surface area contributed by atoms with E-state index in [9.17, 15) is 9.59 Å². The summed E-state index contributed by atoms with van der Waals surface area (Å²) in [5, 5.41) is 9.98. The Bertz CT molecular complexity index is 817. The second-order valence-electron chi connectivity index (χ2n) is 6.19. The molecule has 8 heteroatoms. The number of carbonyl (C=O) groups is 2. The molecule has 1 aromatic heterocycles. The number of carbonyl (C=O) groups excluding carboxylic acids is 2. The predicted molar refractivity (Wildman–Crippen MR) is 98.2 cm³/mol. The standard InChI is InChI=1S/C18H23N5O3/c1-19-17(12-10-20-22(2)11-12)18(25)21-13-6-7-14(15(9-13)26-3)23-8-4-5-16(23)24/h6-7,9-11,17,19H,4-5,8H2,1-3H3,(H,21,25). The quantitative estimate of drug-likeness (QED) is 0.817. The van der Waals surface area contributed by atoms with E-state index in [0.717, 1.165) is 17.7 Å². The van der Waals surface area contributed by atoms with Crippen LogP contribution in [0.25, 0.3) is 0 Å². The highest BCUT2D eigenvalue weighted by atomic mass is 16.5. The van der Waals surface area contributed by atoms with Crippen LogP contribution in [0.1, 0.15) is 24.4 Å². The second-order valence-corrected chi connectivity index (χ2v) is 6.19. The van der Waals surface area contributed by atoms with E-state index in [1.807, 2.05) is 0 Å². The number of hydrogen-bond acceptors (Lipinski definition) is 5. The Balaban J connectivity index is 1.79. The summed E-state index contributed by atoms with van der Waals surface area (Å²) in [4.78, 5) is 26.3. The zero-order valence-corrected chi connectivity index (χ0v) is 15.2. The molecule has 3 rings (SSSR count). The Morgan fingerprint density at radius 1 is 1.38 bits per heavy atom. The van der Waals surface area contributed by atoms with Crippen molar-refractivity contribution in [3.8, 4) is 5.75 Å². The van der Waals surface area contributed by atoms with Crippen LogP contribution in [0.3, 0.4) is 0 Å². The number of rotatable bonds is 6. The van der Waals surface area contributed by atoms with Crippen LogP contribution in [0.15, 0.2) is 30.6 Å². The molecule has 1 unspecified atom stereocenters. The number of nitrogens with one attached hydrogen (secondary N) is 2. The van der Waals surface area contributed by atoms with Crippen molar-refractivity contribution in [2.45, 2.75) is 18.9 Å². The van der Waals surface area contributed by atoms with Gasteiger partial charge < -0.3 is 20.3 Å². The Hall–Kier alpha value is -2.87. The van der Waals surface area contributed by atoms with E-state index in [1.54, 1.807) is 61.4 Å². The lowest BCUT2D eigenvalue weighted by Crippen LogP contribution is -2.30. The minimum atomic E-state index is -0.519. The Morgan fingerprint density at radius 2 is 2.19 bits per heavy atom. The molecule has 0 aliphatic carbocycles. The molecule has 26 heavy (non-hydrogen) atoms. The number of hydrogen-bond donors (Lipinski definition) is 2. The molecule has 1 aliphatic rings. The highest BCUT2D eigenvalue weighted by Crippen LogP contribution is 2.34. The van der Waals surface area contributed by atoms with E-state index in [0.29, 0.717) is 24.4 Å². The largest absolute Gasteiger partial charge is 0.494 e. The molecule has 1 aliphatic heterocycles. The zero-order valence-electron chi connectivity index (χ0n) is 15.2. The number of ether oxygens (including phenoxy) is 1. The van der Waals surface area contributed by atoms with E-state index in [2.05, 4.69) is 15.7 Å². The van der Waals surface area contributed by atoms with Gasteiger partial charge in [-0.15, -0.1) is 0 Å². The van der Waals surface area contributed by atoms with Gasteiger partial charge in [-0.3, -0.25) is 14.3 Å². The smallest absolute Gasteiger partial charge is 0.246 e. The number of amides is 2. The van der Waals surface area contributed by atoms with E-state index < -0.39 is 6.04 Å². The molecule has 8 nitrogen and oxygen atoms in total. The number of methoxy groups -OCH3 is 1. The predicted octanol–water partition coefficient (Wildman–Crippen LogP) is 1.45. The SMILES string of the molecule is CNC(C(=O)Nc1ccc(N2CCCC2=O)c(OC)c1)c1cnn(C)c1. The summed E-state index contributed by atoms with van der Waals surface area (Å²) in [5.74, 6) is 0.444. The fourth-order valence-electron chi connectivity index (χ4n) is 3.13. The first kappa shape index (κ1) is 17.9. The van der Waals surface area contributed by atoms with Crippen molar-refractivity contribution in [3.63, 3.8) is 0 Å². The molecule has 2 aromatic rings. The van der Waals surface area contributed by atoms with Crippen LogP contribution < -0.4 is 20.3 Å². The van der Waals surface area contributed by atoms with Crippen LogP contribution in [0.4, 0.5) is 11.4 Å². The summed E-state index contributed by atoms with van der Waals surface area (Å²) in [6.07, 6.45) is 4.85. The molecular formula is C18H23N5O3. The van der Waals surface area contributed by atoms with Crippen molar-refractivity contribution in [1.29, 1.82) is 0 Å². The maximum Gasteiger partial charge on any atom is 0.246 e. The molecule has 0 spiro atoms. The Labute approximate surface area is 152 Å². The van der Waals surface area contributed by atoms with Crippen LogP contribution in [-0.4, -0.2) is 42.3 Å². The zero-order chi connectivity index (χ0) is 18.7. The summed E-state index contributed by atoms with van der Waals surface area (Å²) >= 11 is 0. The molecule has 138 valence electrons.